The summed E-state index contributed by atoms with van der Waals surface area (Å²) in [6.45, 7) is 0.205. The lowest BCUT2D eigenvalue weighted by Gasteiger charge is -2.14. The average molecular weight is 396 g/mol. The second-order valence-electron chi connectivity index (χ2n) is 6.46. The Kier molecular flexibility index (Phi) is 4.71. The smallest absolute Gasteiger partial charge is 0.266 e. The van der Waals surface area contributed by atoms with Crippen LogP contribution in [0.5, 0.6) is 11.5 Å². The number of amides is 1. The van der Waals surface area contributed by atoms with Gasteiger partial charge in [-0.25, -0.2) is 9.07 Å². The SMILES string of the molecule is COc1ccc(COc2cc3c(cc2F)CN(c2ccc(=O)n(C)n2)C3=O)nc1. The van der Waals surface area contributed by atoms with E-state index in [2.05, 4.69) is 10.1 Å². The number of hydrogen-bond donors (Lipinski definition) is 0. The highest BCUT2D eigenvalue weighted by Crippen LogP contribution is 2.31. The molecule has 0 fully saturated rings. The van der Waals surface area contributed by atoms with Crippen LogP contribution in [0.3, 0.4) is 0 Å². The molecule has 3 aromatic rings. The summed E-state index contributed by atoms with van der Waals surface area (Å²) in [6.07, 6.45) is 1.54. The topological polar surface area (TPSA) is 86.5 Å². The Morgan fingerprint density at radius 2 is 2.00 bits per heavy atom. The van der Waals surface area contributed by atoms with E-state index >= 15 is 0 Å². The number of hydrogen-bond acceptors (Lipinski definition) is 6. The van der Waals surface area contributed by atoms with Crippen molar-refractivity contribution >= 4 is 11.7 Å². The van der Waals surface area contributed by atoms with Crippen molar-refractivity contribution in [3.8, 4) is 11.5 Å². The highest BCUT2D eigenvalue weighted by atomic mass is 19.1. The molecule has 29 heavy (non-hydrogen) atoms. The maximum atomic E-state index is 14.5. The fraction of sp³-hybridized carbons (Fsp3) is 0.200. The van der Waals surface area contributed by atoms with Gasteiger partial charge in [-0.05, 0) is 35.9 Å². The predicted octanol–water partition coefficient (Wildman–Crippen LogP) is 2.06. The van der Waals surface area contributed by atoms with Crippen LogP contribution in [0.1, 0.15) is 21.6 Å². The quantitative estimate of drug-likeness (QED) is 0.656. The van der Waals surface area contributed by atoms with Crippen LogP contribution in [0.15, 0.2) is 47.4 Å². The largest absolute Gasteiger partial charge is 0.495 e. The normalized spacial score (nSPS) is 12.8. The molecule has 0 bridgehead atoms. The van der Waals surface area contributed by atoms with Gasteiger partial charge in [0.05, 0.1) is 25.5 Å². The Bertz CT molecular complexity index is 1140. The third-order valence-corrected chi connectivity index (χ3v) is 4.59. The van der Waals surface area contributed by atoms with Crippen molar-refractivity contribution in [2.45, 2.75) is 13.2 Å². The van der Waals surface area contributed by atoms with E-state index in [1.807, 2.05) is 0 Å². The van der Waals surface area contributed by atoms with Gasteiger partial charge in [-0.2, -0.15) is 5.10 Å². The lowest BCUT2D eigenvalue weighted by Crippen LogP contribution is -2.28. The standard InChI is InChI=1S/C20H17FN4O4/c1-24-19(26)6-5-18(23-24)25-10-12-7-16(21)17(8-15(12)20(25)27)29-11-13-3-4-14(28-2)9-22-13/h3-9H,10-11H2,1-2H3. The van der Waals surface area contributed by atoms with Crippen molar-refractivity contribution < 1.29 is 18.7 Å². The zero-order chi connectivity index (χ0) is 20.5. The number of aryl methyl sites for hydroxylation is 1. The van der Waals surface area contributed by atoms with Crippen molar-refractivity contribution in [3.63, 3.8) is 0 Å². The Balaban J connectivity index is 1.55. The minimum Gasteiger partial charge on any atom is -0.495 e. The first-order chi connectivity index (χ1) is 14.0. The van der Waals surface area contributed by atoms with E-state index in [4.69, 9.17) is 9.47 Å². The van der Waals surface area contributed by atoms with Crippen molar-refractivity contribution in [1.29, 1.82) is 0 Å². The van der Waals surface area contributed by atoms with Crippen LogP contribution < -0.4 is 19.9 Å². The van der Waals surface area contributed by atoms with Gasteiger partial charge in [0.25, 0.3) is 11.5 Å². The van der Waals surface area contributed by atoms with Gasteiger partial charge in [0.1, 0.15) is 12.4 Å². The maximum Gasteiger partial charge on any atom is 0.266 e. The maximum absolute atomic E-state index is 14.5. The summed E-state index contributed by atoms with van der Waals surface area (Å²) >= 11 is 0. The lowest BCUT2D eigenvalue weighted by atomic mass is 10.1. The summed E-state index contributed by atoms with van der Waals surface area (Å²) in [6, 6.07) is 8.91. The highest BCUT2D eigenvalue weighted by molar-refractivity contribution is 6.09. The number of benzene rings is 1. The number of fused-ring (bicyclic) bond motifs is 1. The van der Waals surface area contributed by atoms with Gasteiger partial charge < -0.3 is 9.47 Å². The van der Waals surface area contributed by atoms with Gasteiger partial charge in [0.2, 0.25) is 0 Å². The first-order valence-electron chi connectivity index (χ1n) is 8.76. The summed E-state index contributed by atoms with van der Waals surface area (Å²) in [4.78, 5) is 29.9. The summed E-state index contributed by atoms with van der Waals surface area (Å²) in [5, 5.41) is 4.09. The molecule has 2 aromatic heterocycles. The van der Waals surface area contributed by atoms with Crippen LogP contribution in [-0.2, 0) is 20.2 Å². The lowest BCUT2D eigenvalue weighted by molar-refractivity contribution is 0.0995. The van der Waals surface area contributed by atoms with Gasteiger partial charge >= 0.3 is 0 Å². The molecule has 0 saturated heterocycles. The number of anilines is 1. The fourth-order valence-corrected chi connectivity index (χ4v) is 3.01. The number of methoxy groups -OCH3 is 1. The van der Waals surface area contributed by atoms with E-state index in [0.717, 1.165) is 4.68 Å². The molecule has 0 unspecified atom stereocenters. The molecule has 1 aliphatic heterocycles. The molecule has 148 valence electrons. The van der Waals surface area contributed by atoms with Crippen molar-refractivity contribution in [1.82, 2.24) is 14.8 Å². The highest BCUT2D eigenvalue weighted by Gasteiger charge is 2.31. The van der Waals surface area contributed by atoms with Crippen molar-refractivity contribution in [3.05, 3.63) is 75.6 Å². The molecule has 0 saturated carbocycles. The Morgan fingerprint density at radius 3 is 2.69 bits per heavy atom. The molecule has 3 heterocycles. The number of ether oxygens (including phenoxy) is 2. The van der Waals surface area contributed by atoms with Crippen LogP contribution in [-0.4, -0.2) is 27.8 Å². The molecule has 0 N–H and O–H groups in total. The van der Waals surface area contributed by atoms with Crippen LogP contribution in [0, 0.1) is 5.82 Å². The second kappa shape index (κ2) is 7.34. The number of carbonyl (C=O) groups is 1. The number of nitrogens with zero attached hydrogens (tertiary/aromatic N) is 4. The van der Waals surface area contributed by atoms with Gasteiger partial charge in [-0.3, -0.25) is 19.5 Å². The molecular formula is C20H17FN4O4. The Labute approximate surface area is 165 Å². The van der Waals surface area contributed by atoms with Gasteiger partial charge in [-0.15, -0.1) is 0 Å². The van der Waals surface area contributed by atoms with Crippen LogP contribution in [0.2, 0.25) is 0 Å². The van der Waals surface area contributed by atoms with Gasteiger partial charge in [-0.1, -0.05) is 0 Å². The molecule has 0 spiro atoms. The molecule has 1 amide bonds. The number of carbonyl (C=O) groups excluding carboxylic acids is 1. The third-order valence-electron chi connectivity index (χ3n) is 4.59. The van der Waals surface area contributed by atoms with E-state index in [-0.39, 0.29) is 30.4 Å². The third kappa shape index (κ3) is 3.54. The van der Waals surface area contributed by atoms with E-state index in [1.54, 1.807) is 18.3 Å². The van der Waals surface area contributed by atoms with Crippen LogP contribution >= 0.6 is 0 Å². The number of aromatic nitrogens is 3. The summed E-state index contributed by atoms with van der Waals surface area (Å²) in [7, 11) is 3.04. The molecule has 0 radical (unpaired) electrons. The molecule has 1 aromatic carbocycles. The zero-order valence-corrected chi connectivity index (χ0v) is 15.8. The van der Waals surface area contributed by atoms with Crippen molar-refractivity contribution in [2.75, 3.05) is 12.0 Å². The summed E-state index contributed by atoms with van der Waals surface area (Å²) in [5.74, 6) is -0.0160. The predicted molar refractivity (Wildman–Crippen MR) is 102 cm³/mol. The first-order valence-corrected chi connectivity index (χ1v) is 8.76. The zero-order valence-electron chi connectivity index (χ0n) is 15.8. The summed E-state index contributed by atoms with van der Waals surface area (Å²) in [5.41, 5.74) is 1.16. The molecule has 9 heteroatoms. The second-order valence-corrected chi connectivity index (χ2v) is 6.46. The fourth-order valence-electron chi connectivity index (χ4n) is 3.01. The average Bonchev–Trinajstić information content (AvgIpc) is 3.04. The molecule has 0 aliphatic carbocycles. The molecule has 8 nitrogen and oxygen atoms in total. The minimum atomic E-state index is -0.569. The Morgan fingerprint density at radius 1 is 1.17 bits per heavy atom. The molecule has 1 aliphatic rings. The monoisotopic (exact) mass is 396 g/mol. The number of rotatable bonds is 5. The van der Waals surface area contributed by atoms with Gasteiger partial charge in [0.15, 0.2) is 17.4 Å². The minimum absolute atomic E-state index is 0.0370. The number of halogens is 1. The number of pyridine rings is 1. The van der Waals surface area contributed by atoms with E-state index in [0.29, 0.717) is 28.4 Å². The first kappa shape index (κ1) is 18.6. The van der Waals surface area contributed by atoms with Gasteiger partial charge in [0, 0.05) is 18.7 Å². The summed E-state index contributed by atoms with van der Waals surface area (Å²) < 4.78 is 26.2. The Hall–Kier alpha value is -3.75. The van der Waals surface area contributed by atoms with Crippen molar-refractivity contribution in [2.24, 2.45) is 7.05 Å². The van der Waals surface area contributed by atoms with Crippen LogP contribution in [0.25, 0.3) is 0 Å². The van der Waals surface area contributed by atoms with E-state index < -0.39 is 5.82 Å². The molecule has 4 rings (SSSR count). The molecule has 0 atom stereocenters. The van der Waals surface area contributed by atoms with E-state index in [1.165, 1.54) is 43.3 Å². The molecular weight excluding hydrogens is 379 g/mol. The van der Waals surface area contributed by atoms with Crippen LogP contribution in [0.4, 0.5) is 10.2 Å². The van der Waals surface area contributed by atoms with E-state index in [9.17, 15) is 14.0 Å².